The van der Waals surface area contributed by atoms with Gasteiger partial charge in [-0.05, 0) is 18.6 Å². The quantitative estimate of drug-likeness (QED) is 0.821. The second-order valence-electron chi connectivity index (χ2n) is 4.51. The third-order valence-corrected chi connectivity index (χ3v) is 4.11. The highest BCUT2D eigenvalue weighted by Crippen LogP contribution is 2.23. The predicted molar refractivity (Wildman–Crippen MR) is 77.0 cm³/mol. The van der Waals surface area contributed by atoms with Crippen molar-refractivity contribution in [1.82, 2.24) is 10.1 Å². The Bertz CT molecular complexity index is 500. The maximum absolute atomic E-state index is 5.99. The first-order chi connectivity index (χ1) is 9.20. The van der Waals surface area contributed by atoms with Crippen molar-refractivity contribution in [1.29, 1.82) is 0 Å². The molecule has 2 N–H and O–H groups in total. The Morgan fingerprint density at radius 1 is 1.32 bits per heavy atom. The van der Waals surface area contributed by atoms with E-state index in [4.69, 9.17) is 10.3 Å². The number of nitrogens with two attached hydrogens (primary N) is 1. The van der Waals surface area contributed by atoms with Crippen LogP contribution in [0.15, 0.2) is 39.8 Å². The van der Waals surface area contributed by atoms with Crippen LogP contribution in [0.5, 0.6) is 0 Å². The normalized spacial score (nSPS) is 14.3. The number of hydrogen-bond donors (Lipinski definition) is 1. The number of aromatic nitrogens is 2. The van der Waals surface area contributed by atoms with Crippen LogP contribution >= 0.6 is 11.8 Å². The van der Waals surface area contributed by atoms with Gasteiger partial charge in [0, 0.05) is 10.9 Å². The van der Waals surface area contributed by atoms with Crippen molar-refractivity contribution >= 4 is 11.8 Å². The zero-order valence-electron chi connectivity index (χ0n) is 11.2. The van der Waals surface area contributed by atoms with Gasteiger partial charge < -0.3 is 10.3 Å². The van der Waals surface area contributed by atoms with Crippen molar-refractivity contribution in [3.63, 3.8) is 0 Å². The molecule has 0 amide bonds. The van der Waals surface area contributed by atoms with Crippen LogP contribution in [0.4, 0.5) is 0 Å². The monoisotopic (exact) mass is 277 g/mol. The molecule has 1 heterocycles. The highest BCUT2D eigenvalue weighted by molar-refractivity contribution is 7.98. The van der Waals surface area contributed by atoms with Crippen molar-refractivity contribution < 1.29 is 4.52 Å². The molecule has 1 aromatic heterocycles. The van der Waals surface area contributed by atoms with Crippen LogP contribution in [0.3, 0.4) is 0 Å². The van der Waals surface area contributed by atoms with E-state index < -0.39 is 0 Å². The Balaban J connectivity index is 1.94. The van der Waals surface area contributed by atoms with Crippen LogP contribution < -0.4 is 5.73 Å². The first-order valence-electron chi connectivity index (χ1n) is 6.46. The molecule has 2 atom stereocenters. The molecule has 0 radical (unpaired) electrons. The second kappa shape index (κ2) is 6.73. The standard InChI is InChI=1S/C14H19N3OS/c1-3-12(15)10(2)14-16-13(17-18-14)9-19-11-7-5-4-6-8-11/h4-8,10,12H,3,9,15H2,1-2H3. The van der Waals surface area contributed by atoms with Gasteiger partial charge >= 0.3 is 0 Å². The summed E-state index contributed by atoms with van der Waals surface area (Å²) < 4.78 is 5.28. The van der Waals surface area contributed by atoms with E-state index >= 15 is 0 Å². The van der Waals surface area contributed by atoms with E-state index in [0.717, 1.165) is 12.2 Å². The van der Waals surface area contributed by atoms with Gasteiger partial charge in [-0.1, -0.05) is 37.2 Å². The Morgan fingerprint density at radius 2 is 2.05 bits per heavy atom. The summed E-state index contributed by atoms with van der Waals surface area (Å²) in [6, 6.07) is 10.3. The van der Waals surface area contributed by atoms with Gasteiger partial charge in [0.25, 0.3) is 0 Å². The number of thioether (sulfide) groups is 1. The molecule has 0 fully saturated rings. The second-order valence-corrected chi connectivity index (χ2v) is 5.56. The largest absolute Gasteiger partial charge is 0.339 e. The fourth-order valence-electron chi connectivity index (χ4n) is 1.71. The maximum Gasteiger partial charge on any atom is 0.231 e. The van der Waals surface area contributed by atoms with Crippen LogP contribution in [0.1, 0.15) is 37.9 Å². The highest BCUT2D eigenvalue weighted by Gasteiger charge is 2.19. The van der Waals surface area contributed by atoms with Gasteiger partial charge in [-0.2, -0.15) is 4.98 Å². The molecule has 2 aromatic rings. The molecule has 4 nitrogen and oxygen atoms in total. The minimum absolute atomic E-state index is 0.0649. The maximum atomic E-state index is 5.99. The van der Waals surface area contributed by atoms with E-state index in [2.05, 4.69) is 29.2 Å². The molecule has 1 aromatic carbocycles. The van der Waals surface area contributed by atoms with Crippen LogP contribution in [0, 0.1) is 0 Å². The molecule has 0 aliphatic carbocycles. The SMILES string of the molecule is CCC(N)C(C)c1nc(CSc2ccccc2)no1. The lowest BCUT2D eigenvalue weighted by atomic mass is 10.0. The van der Waals surface area contributed by atoms with Crippen molar-refractivity contribution in [3.05, 3.63) is 42.0 Å². The van der Waals surface area contributed by atoms with Gasteiger partial charge in [0.15, 0.2) is 5.82 Å². The third kappa shape index (κ3) is 3.81. The predicted octanol–water partition coefficient (Wildman–Crippen LogP) is 3.20. The van der Waals surface area contributed by atoms with Crippen molar-refractivity contribution in [2.45, 2.75) is 42.9 Å². The molecule has 102 valence electrons. The fourth-order valence-corrected chi connectivity index (χ4v) is 2.47. The average Bonchev–Trinajstić information content (AvgIpc) is 2.93. The molecule has 0 aliphatic rings. The van der Waals surface area contributed by atoms with E-state index in [1.54, 1.807) is 11.8 Å². The summed E-state index contributed by atoms with van der Waals surface area (Å²) in [5, 5.41) is 4.01. The van der Waals surface area contributed by atoms with E-state index in [-0.39, 0.29) is 12.0 Å². The Labute approximate surface area is 117 Å². The van der Waals surface area contributed by atoms with E-state index in [1.165, 1.54) is 4.90 Å². The summed E-state index contributed by atoms with van der Waals surface area (Å²) in [7, 11) is 0. The molecular formula is C14H19N3OS. The van der Waals surface area contributed by atoms with E-state index in [0.29, 0.717) is 11.6 Å². The lowest BCUT2D eigenvalue weighted by Crippen LogP contribution is -2.25. The number of nitrogens with zero attached hydrogens (tertiary/aromatic N) is 2. The zero-order chi connectivity index (χ0) is 13.7. The van der Waals surface area contributed by atoms with Gasteiger partial charge in [-0.25, -0.2) is 0 Å². The third-order valence-electron chi connectivity index (χ3n) is 3.10. The molecule has 0 bridgehead atoms. The van der Waals surface area contributed by atoms with Gasteiger partial charge in [0.05, 0.1) is 11.7 Å². The molecule has 0 spiro atoms. The van der Waals surface area contributed by atoms with Crippen LogP contribution in [0.2, 0.25) is 0 Å². The summed E-state index contributed by atoms with van der Waals surface area (Å²) in [6.07, 6.45) is 0.900. The van der Waals surface area contributed by atoms with Crippen LogP contribution in [-0.2, 0) is 5.75 Å². The Hall–Kier alpha value is -1.33. The van der Waals surface area contributed by atoms with Crippen molar-refractivity contribution in [2.75, 3.05) is 0 Å². The summed E-state index contributed by atoms with van der Waals surface area (Å²) in [5.41, 5.74) is 5.99. The molecule has 2 rings (SSSR count). The molecule has 19 heavy (non-hydrogen) atoms. The van der Waals surface area contributed by atoms with E-state index in [9.17, 15) is 0 Å². The molecule has 0 aliphatic heterocycles. The number of hydrogen-bond acceptors (Lipinski definition) is 5. The van der Waals surface area contributed by atoms with Gasteiger partial charge in [0.1, 0.15) is 0 Å². The van der Waals surface area contributed by atoms with Crippen molar-refractivity contribution in [2.24, 2.45) is 5.73 Å². The zero-order valence-corrected chi connectivity index (χ0v) is 12.1. The Morgan fingerprint density at radius 3 is 2.74 bits per heavy atom. The minimum atomic E-state index is 0.0649. The molecule has 0 saturated heterocycles. The fraction of sp³-hybridized carbons (Fsp3) is 0.429. The average molecular weight is 277 g/mol. The molecule has 0 saturated carbocycles. The smallest absolute Gasteiger partial charge is 0.231 e. The summed E-state index contributed by atoms with van der Waals surface area (Å²) in [6.45, 7) is 4.08. The Kier molecular flexibility index (Phi) is 4.99. The highest BCUT2D eigenvalue weighted by atomic mass is 32.2. The van der Waals surface area contributed by atoms with Crippen molar-refractivity contribution in [3.8, 4) is 0 Å². The molecule has 5 heteroatoms. The first kappa shape index (κ1) is 14.1. The topological polar surface area (TPSA) is 64.9 Å². The lowest BCUT2D eigenvalue weighted by Gasteiger charge is -2.13. The van der Waals surface area contributed by atoms with Gasteiger partial charge in [-0.3, -0.25) is 0 Å². The van der Waals surface area contributed by atoms with Gasteiger partial charge in [-0.15, -0.1) is 11.8 Å². The summed E-state index contributed by atoms with van der Waals surface area (Å²) >= 11 is 1.70. The van der Waals surface area contributed by atoms with Crippen LogP contribution in [-0.4, -0.2) is 16.2 Å². The lowest BCUT2D eigenvalue weighted by molar-refractivity contribution is 0.337. The molecular weight excluding hydrogens is 258 g/mol. The minimum Gasteiger partial charge on any atom is -0.339 e. The van der Waals surface area contributed by atoms with Crippen LogP contribution in [0.25, 0.3) is 0 Å². The van der Waals surface area contributed by atoms with E-state index in [1.807, 2.05) is 25.1 Å². The number of rotatable bonds is 6. The number of benzene rings is 1. The van der Waals surface area contributed by atoms with Gasteiger partial charge in [0.2, 0.25) is 5.89 Å². The summed E-state index contributed by atoms with van der Waals surface area (Å²) in [4.78, 5) is 5.62. The first-order valence-corrected chi connectivity index (χ1v) is 7.45. The molecule has 2 unspecified atom stereocenters. The summed E-state index contributed by atoms with van der Waals surface area (Å²) in [5.74, 6) is 2.17.